The second kappa shape index (κ2) is 12.1. The number of aromatic hydroxyl groups is 3. The molecule has 2 heterocycles. The zero-order valence-corrected chi connectivity index (χ0v) is 20.0. The Morgan fingerprint density at radius 3 is 1.87 bits per heavy atom. The summed E-state index contributed by atoms with van der Waals surface area (Å²) in [5.74, 6) is 1.18. The molecule has 1 amide bonds. The van der Waals surface area contributed by atoms with Crippen molar-refractivity contribution in [3.63, 3.8) is 0 Å². The van der Waals surface area contributed by atoms with Crippen LogP contribution in [0.15, 0.2) is 82.0 Å². The molecule has 0 radical (unpaired) electrons. The van der Waals surface area contributed by atoms with E-state index in [1.54, 1.807) is 30.3 Å². The second-order valence-corrected chi connectivity index (χ2v) is 7.76. The number of hydrogen-bond donors (Lipinski definition) is 5. The number of phenolic OH excluding ortho intramolecular Hbond substituents is 3. The van der Waals surface area contributed by atoms with Crippen molar-refractivity contribution in [2.75, 3.05) is 4.90 Å². The molecule has 3 aliphatic rings. The summed E-state index contributed by atoms with van der Waals surface area (Å²) in [5.41, 5.74) is 2.71. The van der Waals surface area contributed by atoms with Gasteiger partial charge in [0.2, 0.25) is 5.91 Å². The number of hydrogen-bond acceptors (Lipinski definition) is 12. The van der Waals surface area contributed by atoms with Gasteiger partial charge in [0, 0.05) is 41.1 Å². The molecule has 13 nitrogen and oxygen atoms in total. The number of carbonyl (C=O) groups is 1. The smallest absolute Gasteiger partial charge is 0.228 e. The maximum atomic E-state index is 11.8. The summed E-state index contributed by atoms with van der Waals surface area (Å²) in [6.07, 6.45) is 0. The summed E-state index contributed by atoms with van der Waals surface area (Å²) in [5, 5.41) is 40.3. The zero-order valence-electron chi connectivity index (χ0n) is 20.0. The lowest BCUT2D eigenvalue weighted by Gasteiger charge is -2.30. The van der Waals surface area contributed by atoms with Crippen molar-refractivity contribution in [1.29, 1.82) is 0 Å². The van der Waals surface area contributed by atoms with Gasteiger partial charge in [0.15, 0.2) is 28.3 Å². The number of carbonyl (C=O) groups excluding carboxylic acids is 1. The van der Waals surface area contributed by atoms with E-state index in [1.165, 1.54) is 54.3 Å². The fourth-order valence-electron chi connectivity index (χ4n) is 3.72. The van der Waals surface area contributed by atoms with Gasteiger partial charge in [0.25, 0.3) is 0 Å². The number of phenols is 3. The Labute approximate surface area is 218 Å². The summed E-state index contributed by atoms with van der Waals surface area (Å²) in [6, 6.07) is 18.2. The first-order valence-electron chi connectivity index (χ1n) is 10.8. The van der Waals surface area contributed by atoms with E-state index in [9.17, 15) is 24.9 Å². The fraction of sp³-hybridized carbons (Fsp3) is 0.0385. The highest BCUT2D eigenvalue weighted by Crippen LogP contribution is 2.48. The summed E-state index contributed by atoms with van der Waals surface area (Å²) < 4.78 is 11.1. The van der Waals surface area contributed by atoms with Gasteiger partial charge in [0.05, 0.1) is 11.4 Å². The van der Waals surface area contributed by atoms with Crippen LogP contribution in [0.4, 0.5) is 11.4 Å². The third-order valence-corrected chi connectivity index (χ3v) is 5.24. The molecule has 0 saturated heterocycles. The highest BCUT2D eigenvalue weighted by atomic mass is 17.0. The third-order valence-electron chi connectivity index (χ3n) is 5.24. The number of nitrogens with zero attached hydrogens (tertiary/aromatic N) is 2. The van der Waals surface area contributed by atoms with Crippen molar-refractivity contribution in [3.8, 4) is 40.2 Å². The number of ether oxygens (including phenoxy) is 1. The van der Waals surface area contributed by atoms with E-state index in [1.807, 2.05) is 0 Å². The summed E-state index contributed by atoms with van der Waals surface area (Å²) in [7, 11) is 0. The topological polar surface area (TPSA) is 208 Å². The minimum absolute atomic E-state index is 0.0471. The van der Waals surface area contributed by atoms with E-state index in [4.69, 9.17) is 29.6 Å². The SMILES string of the molecule is CC(=O)N1c2ccc(O)cc2Oc2cc(O)ccc21.O=O.O=c1ccc2nc3ccc(O)cc3oc-2c1.OO. The van der Waals surface area contributed by atoms with Gasteiger partial charge in [0.1, 0.15) is 28.5 Å². The molecule has 200 valence electrons. The Morgan fingerprint density at radius 1 is 0.769 bits per heavy atom. The van der Waals surface area contributed by atoms with Crippen molar-refractivity contribution < 1.29 is 39.8 Å². The molecule has 0 unspecified atom stereocenters. The Balaban J connectivity index is 0.000000193. The molecule has 3 aromatic rings. The van der Waals surface area contributed by atoms with Crippen LogP contribution in [0.1, 0.15) is 6.92 Å². The third kappa shape index (κ3) is 6.07. The number of benzene rings is 4. The van der Waals surface area contributed by atoms with Crippen LogP contribution in [0.5, 0.6) is 28.7 Å². The van der Waals surface area contributed by atoms with Gasteiger partial charge in [-0.3, -0.25) is 25.0 Å². The predicted molar refractivity (Wildman–Crippen MR) is 140 cm³/mol. The van der Waals surface area contributed by atoms with E-state index in [0.29, 0.717) is 45.4 Å². The summed E-state index contributed by atoms with van der Waals surface area (Å²) >= 11 is 0. The standard InChI is InChI=1S/C14H11NO4.C12H7NO3.H2O2.O2/c1-8(16)15-11-4-2-9(17)6-13(11)19-14-7-10(18)3-5-12(14)15;14-7-1-3-9-11(5-7)16-12-6-8(15)2-4-10(12)13-9;2*1-2/h2-7,17-18H,1H3;1-6,14H;1-2H;. The highest BCUT2D eigenvalue weighted by molar-refractivity contribution is 6.03. The molecule has 0 spiro atoms. The van der Waals surface area contributed by atoms with E-state index in [-0.39, 0.29) is 28.6 Å². The lowest BCUT2D eigenvalue weighted by Crippen LogP contribution is -2.25. The van der Waals surface area contributed by atoms with Crippen molar-refractivity contribution in [2.45, 2.75) is 6.92 Å². The predicted octanol–water partition coefficient (Wildman–Crippen LogP) is 4.97. The zero-order chi connectivity index (χ0) is 28.7. The van der Waals surface area contributed by atoms with Crippen LogP contribution in [0.2, 0.25) is 0 Å². The van der Waals surface area contributed by atoms with E-state index < -0.39 is 0 Å². The van der Waals surface area contributed by atoms with E-state index in [0.717, 1.165) is 0 Å². The Hall–Kier alpha value is -5.53. The van der Waals surface area contributed by atoms with Gasteiger partial charge in [-0.1, -0.05) is 0 Å². The van der Waals surface area contributed by atoms with Crippen molar-refractivity contribution >= 4 is 28.4 Å². The molecule has 3 aromatic carbocycles. The van der Waals surface area contributed by atoms with Crippen molar-refractivity contribution in [3.05, 3.63) is 92.9 Å². The number of anilines is 2. The minimum atomic E-state index is -0.179. The molecular formula is C26H20N2O11. The maximum absolute atomic E-state index is 11.8. The average molecular weight is 536 g/mol. The van der Waals surface area contributed by atoms with Crippen LogP contribution in [-0.2, 0) is 4.79 Å². The number of amides is 1. The van der Waals surface area contributed by atoms with Crippen LogP contribution in [0.3, 0.4) is 0 Å². The Kier molecular flexibility index (Phi) is 8.73. The van der Waals surface area contributed by atoms with Crippen LogP contribution in [0, 0.1) is 9.93 Å². The molecule has 5 N–H and O–H groups in total. The van der Waals surface area contributed by atoms with E-state index in [2.05, 4.69) is 4.98 Å². The number of fused-ring (bicyclic) bond motifs is 4. The summed E-state index contributed by atoms with van der Waals surface area (Å²) in [6.45, 7) is 1.44. The van der Waals surface area contributed by atoms with Gasteiger partial charge < -0.3 is 24.5 Å². The molecular weight excluding hydrogens is 516 g/mol. The van der Waals surface area contributed by atoms with Crippen molar-refractivity contribution in [2.24, 2.45) is 0 Å². The van der Waals surface area contributed by atoms with Gasteiger partial charge >= 0.3 is 0 Å². The fourth-order valence-corrected chi connectivity index (χ4v) is 3.72. The molecule has 13 heteroatoms. The maximum Gasteiger partial charge on any atom is 0.228 e. The molecule has 0 atom stereocenters. The molecule has 1 aliphatic carbocycles. The number of aromatic nitrogens is 1. The van der Waals surface area contributed by atoms with E-state index >= 15 is 0 Å². The molecule has 0 bridgehead atoms. The molecule has 2 aliphatic heterocycles. The monoisotopic (exact) mass is 536 g/mol. The second-order valence-electron chi connectivity index (χ2n) is 7.76. The van der Waals surface area contributed by atoms with Gasteiger partial charge in [-0.2, -0.15) is 0 Å². The Morgan fingerprint density at radius 2 is 1.31 bits per heavy atom. The van der Waals surface area contributed by atoms with Crippen LogP contribution < -0.4 is 15.1 Å². The van der Waals surface area contributed by atoms with Gasteiger partial charge in [-0.15, -0.1) is 0 Å². The van der Waals surface area contributed by atoms with Gasteiger partial charge in [-0.05, 0) is 48.5 Å². The number of rotatable bonds is 0. The largest absolute Gasteiger partial charge is 0.508 e. The normalized spacial score (nSPS) is 10.8. The van der Waals surface area contributed by atoms with Crippen LogP contribution in [-0.4, -0.2) is 36.7 Å². The molecule has 0 saturated carbocycles. The highest BCUT2D eigenvalue weighted by Gasteiger charge is 2.27. The average Bonchev–Trinajstić information content (AvgIpc) is 2.93. The molecule has 0 aromatic heterocycles. The lowest BCUT2D eigenvalue weighted by atomic mass is 10.1. The minimum Gasteiger partial charge on any atom is -0.508 e. The molecule has 6 rings (SSSR count). The molecule has 39 heavy (non-hydrogen) atoms. The van der Waals surface area contributed by atoms with Crippen LogP contribution >= 0.6 is 0 Å². The quantitative estimate of drug-likeness (QED) is 0.101. The lowest BCUT2D eigenvalue weighted by molar-refractivity contribution is -0.176. The van der Waals surface area contributed by atoms with Gasteiger partial charge in [-0.25, -0.2) is 4.98 Å². The Bertz CT molecular complexity index is 1600. The first-order chi connectivity index (χ1) is 18.8. The summed E-state index contributed by atoms with van der Waals surface area (Å²) in [4.78, 5) is 42.8. The first kappa shape index (κ1) is 28.0. The first-order valence-corrected chi connectivity index (χ1v) is 10.8. The van der Waals surface area contributed by atoms with Crippen LogP contribution in [0.25, 0.3) is 22.6 Å². The molecule has 0 fully saturated rings. The van der Waals surface area contributed by atoms with Crippen molar-refractivity contribution in [1.82, 2.24) is 4.98 Å².